The van der Waals surface area contributed by atoms with Crippen LogP contribution in [-0.4, -0.2) is 50.7 Å². The molecule has 0 aliphatic heterocycles. The first-order chi connectivity index (χ1) is 6.24. The Morgan fingerprint density at radius 3 is 1.93 bits per heavy atom. The van der Waals surface area contributed by atoms with Gasteiger partial charge >= 0.3 is 19.5 Å². The third-order valence-corrected chi connectivity index (χ3v) is 2.05. The summed E-state index contributed by atoms with van der Waals surface area (Å²) in [6.07, 6.45) is -0.607. The summed E-state index contributed by atoms with van der Waals surface area (Å²) >= 11 is 0. The monoisotopic (exact) mass is 227 g/mol. The normalized spacial score (nSPS) is 11.6. The van der Waals surface area contributed by atoms with Crippen LogP contribution in [0.1, 0.15) is 0 Å². The molecular weight excluding hydrogens is 217 g/mol. The van der Waals surface area contributed by atoms with Crippen LogP contribution in [-0.2, 0) is 14.2 Å². The Bertz CT molecular complexity index is 257. The second-order valence-electron chi connectivity index (χ2n) is 2.45. The van der Waals surface area contributed by atoms with E-state index in [9.17, 15) is 14.2 Å². The van der Waals surface area contributed by atoms with Gasteiger partial charge in [-0.05, 0) is 0 Å². The van der Waals surface area contributed by atoms with Gasteiger partial charge in [-0.15, -0.1) is 0 Å². The molecule has 0 aliphatic carbocycles. The van der Waals surface area contributed by atoms with Crippen molar-refractivity contribution in [3.63, 3.8) is 0 Å². The van der Waals surface area contributed by atoms with Gasteiger partial charge in [-0.3, -0.25) is 9.88 Å². The van der Waals surface area contributed by atoms with E-state index in [1.54, 1.807) is 0 Å². The SMILES string of the molecule is O=C(O)C(NCCP(=O)(O)O)C(=O)O. The van der Waals surface area contributed by atoms with E-state index >= 15 is 0 Å². The molecule has 0 aromatic rings. The van der Waals surface area contributed by atoms with Crippen molar-refractivity contribution in [2.45, 2.75) is 6.04 Å². The van der Waals surface area contributed by atoms with Gasteiger partial charge in [0.2, 0.25) is 6.04 Å². The molecule has 0 saturated heterocycles. The standard InChI is InChI=1S/C5H10NO7P/c7-4(8)3(5(9)10)6-1-2-14(11,12)13/h3,6H,1-2H2,(H,7,8)(H,9,10)(H2,11,12,13). The van der Waals surface area contributed by atoms with Crippen molar-refractivity contribution in [1.82, 2.24) is 5.32 Å². The highest BCUT2D eigenvalue weighted by Crippen LogP contribution is 2.32. The molecule has 0 heterocycles. The lowest BCUT2D eigenvalue weighted by molar-refractivity contribution is -0.150. The van der Waals surface area contributed by atoms with E-state index in [0.717, 1.165) is 0 Å². The van der Waals surface area contributed by atoms with E-state index in [-0.39, 0.29) is 6.54 Å². The molecule has 0 bridgehead atoms. The largest absolute Gasteiger partial charge is 0.480 e. The first kappa shape index (κ1) is 13.1. The molecule has 0 unspecified atom stereocenters. The molecule has 0 amide bonds. The number of nitrogens with one attached hydrogen (secondary N) is 1. The van der Waals surface area contributed by atoms with Gasteiger partial charge in [0.15, 0.2) is 0 Å². The number of rotatable bonds is 6. The summed E-state index contributed by atoms with van der Waals surface area (Å²) < 4.78 is 10.3. The molecule has 5 N–H and O–H groups in total. The van der Waals surface area contributed by atoms with Crippen LogP contribution >= 0.6 is 7.60 Å². The highest BCUT2D eigenvalue weighted by atomic mass is 31.2. The Hall–Kier alpha value is -0.950. The number of aliphatic carboxylic acids is 2. The maximum absolute atomic E-state index is 10.3. The molecule has 0 saturated carbocycles. The van der Waals surface area contributed by atoms with Gasteiger partial charge in [-0.2, -0.15) is 0 Å². The van der Waals surface area contributed by atoms with Gasteiger partial charge in [0, 0.05) is 6.54 Å². The van der Waals surface area contributed by atoms with Gasteiger partial charge in [-0.25, -0.2) is 9.59 Å². The zero-order valence-electron chi connectivity index (χ0n) is 6.95. The number of hydrogen-bond donors (Lipinski definition) is 5. The van der Waals surface area contributed by atoms with Crippen LogP contribution in [0, 0.1) is 0 Å². The smallest absolute Gasteiger partial charge is 0.332 e. The quantitative estimate of drug-likeness (QED) is 0.266. The molecule has 0 aromatic heterocycles. The fourth-order valence-electron chi connectivity index (χ4n) is 0.635. The molecule has 0 aromatic carbocycles. The van der Waals surface area contributed by atoms with Crippen molar-refractivity contribution < 1.29 is 34.2 Å². The van der Waals surface area contributed by atoms with Crippen LogP contribution in [0.15, 0.2) is 0 Å². The minimum absolute atomic E-state index is 0.381. The van der Waals surface area contributed by atoms with E-state index < -0.39 is 31.7 Å². The molecule has 0 atom stereocenters. The number of carboxylic acid groups (broad SMARTS) is 2. The lowest BCUT2D eigenvalue weighted by Gasteiger charge is -2.09. The number of carbonyl (C=O) groups is 2. The minimum Gasteiger partial charge on any atom is -0.480 e. The average molecular weight is 227 g/mol. The maximum Gasteiger partial charge on any atom is 0.332 e. The second-order valence-corrected chi connectivity index (χ2v) is 4.23. The van der Waals surface area contributed by atoms with Gasteiger partial charge in [-0.1, -0.05) is 0 Å². The average Bonchev–Trinajstić information content (AvgIpc) is 1.94. The van der Waals surface area contributed by atoms with Crippen molar-refractivity contribution in [2.75, 3.05) is 12.7 Å². The first-order valence-corrected chi connectivity index (χ1v) is 5.27. The molecule has 82 valence electrons. The van der Waals surface area contributed by atoms with E-state index in [4.69, 9.17) is 20.0 Å². The molecule has 14 heavy (non-hydrogen) atoms. The Kier molecular flexibility index (Phi) is 4.72. The number of carboxylic acids is 2. The molecule has 0 aliphatic rings. The molecule has 8 nitrogen and oxygen atoms in total. The van der Waals surface area contributed by atoms with Crippen molar-refractivity contribution in [1.29, 1.82) is 0 Å². The summed E-state index contributed by atoms with van der Waals surface area (Å²) in [7, 11) is -4.23. The topological polar surface area (TPSA) is 144 Å². The molecule has 0 radical (unpaired) electrons. The molecule has 0 spiro atoms. The second kappa shape index (κ2) is 5.06. The van der Waals surface area contributed by atoms with Crippen molar-refractivity contribution in [3.05, 3.63) is 0 Å². The molecule has 0 fully saturated rings. The lowest BCUT2D eigenvalue weighted by atomic mass is 10.3. The van der Waals surface area contributed by atoms with Gasteiger partial charge in [0.05, 0.1) is 6.16 Å². The van der Waals surface area contributed by atoms with Gasteiger partial charge in [0.1, 0.15) is 0 Å². The maximum atomic E-state index is 10.3. The van der Waals surface area contributed by atoms with Crippen LogP contribution in [0.2, 0.25) is 0 Å². The third-order valence-electron chi connectivity index (χ3n) is 1.25. The fraction of sp³-hybridized carbons (Fsp3) is 0.600. The van der Waals surface area contributed by atoms with Gasteiger partial charge < -0.3 is 20.0 Å². The van der Waals surface area contributed by atoms with Crippen molar-refractivity contribution in [2.24, 2.45) is 0 Å². The van der Waals surface area contributed by atoms with Crippen LogP contribution in [0.4, 0.5) is 0 Å². The van der Waals surface area contributed by atoms with Crippen LogP contribution in [0.5, 0.6) is 0 Å². The Balaban J connectivity index is 4.03. The van der Waals surface area contributed by atoms with Crippen molar-refractivity contribution >= 4 is 19.5 Å². The van der Waals surface area contributed by atoms with Crippen molar-refractivity contribution in [3.8, 4) is 0 Å². The van der Waals surface area contributed by atoms with Crippen LogP contribution in [0.25, 0.3) is 0 Å². The number of hydrogen-bond acceptors (Lipinski definition) is 4. The molecular formula is C5H10NO7P. The zero-order chi connectivity index (χ0) is 11.4. The minimum atomic E-state index is -4.23. The third kappa shape index (κ3) is 5.65. The Morgan fingerprint density at radius 1 is 1.21 bits per heavy atom. The summed E-state index contributed by atoms with van der Waals surface area (Å²) in [5, 5.41) is 18.7. The highest BCUT2D eigenvalue weighted by Gasteiger charge is 2.25. The summed E-state index contributed by atoms with van der Waals surface area (Å²) in [6, 6.07) is -1.85. The Labute approximate surface area is 78.7 Å². The van der Waals surface area contributed by atoms with Crippen LogP contribution < -0.4 is 5.32 Å². The summed E-state index contributed by atoms with van der Waals surface area (Å²) in [5.41, 5.74) is 0. The van der Waals surface area contributed by atoms with Gasteiger partial charge in [0.25, 0.3) is 0 Å². The van der Waals surface area contributed by atoms with E-state index in [0.29, 0.717) is 0 Å². The summed E-state index contributed by atoms with van der Waals surface area (Å²) in [5.74, 6) is -3.22. The summed E-state index contributed by atoms with van der Waals surface area (Å²) in [6.45, 7) is -0.381. The van der Waals surface area contributed by atoms with E-state index in [1.165, 1.54) is 0 Å². The van der Waals surface area contributed by atoms with E-state index in [2.05, 4.69) is 0 Å². The molecule has 0 rings (SSSR count). The summed E-state index contributed by atoms with van der Waals surface area (Å²) in [4.78, 5) is 37.3. The van der Waals surface area contributed by atoms with Crippen LogP contribution in [0.3, 0.4) is 0 Å². The fourth-order valence-corrected chi connectivity index (χ4v) is 1.06. The lowest BCUT2D eigenvalue weighted by Crippen LogP contribution is -2.44. The highest BCUT2D eigenvalue weighted by molar-refractivity contribution is 7.51. The van der Waals surface area contributed by atoms with E-state index in [1.807, 2.05) is 5.32 Å². The molecule has 9 heteroatoms. The predicted octanol–water partition coefficient (Wildman–Crippen LogP) is -1.71. The zero-order valence-corrected chi connectivity index (χ0v) is 7.85. The predicted molar refractivity (Wildman–Crippen MR) is 44.0 cm³/mol. The first-order valence-electron chi connectivity index (χ1n) is 3.47. The Morgan fingerprint density at radius 2 is 1.64 bits per heavy atom.